The lowest BCUT2D eigenvalue weighted by Gasteiger charge is -2.17. The maximum atomic E-state index is 12.3. The summed E-state index contributed by atoms with van der Waals surface area (Å²) in [7, 11) is 1.44. The summed E-state index contributed by atoms with van der Waals surface area (Å²) in [5.74, 6) is -3.18. The Balaban J connectivity index is 1.42. The number of carbonyl (C=O) groups is 5. The summed E-state index contributed by atoms with van der Waals surface area (Å²) in [5, 5.41) is 2.76. The lowest BCUT2D eigenvalue weighted by Crippen LogP contribution is -2.41. The molecule has 2 atom stereocenters. The Hall–Kier alpha value is -2.71. The lowest BCUT2D eigenvalue weighted by atomic mass is 9.85. The van der Waals surface area contributed by atoms with E-state index in [0.717, 1.165) is 22.6 Å². The fourth-order valence-corrected chi connectivity index (χ4v) is 3.26. The number of nitrogens with one attached hydrogen (secondary N) is 1. The Morgan fingerprint density at radius 1 is 1.15 bits per heavy atom. The summed E-state index contributed by atoms with van der Waals surface area (Å²) in [6, 6.07) is 0.202. The van der Waals surface area contributed by atoms with Gasteiger partial charge in [-0.15, -0.1) is 0 Å². The van der Waals surface area contributed by atoms with Gasteiger partial charge < -0.3 is 15.0 Å². The normalized spacial score (nSPS) is 23.8. The van der Waals surface area contributed by atoms with Gasteiger partial charge in [-0.25, -0.2) is 0 Å². The number of hydrogen-bond donors (Lipinski definition) is 1. The second kappa shape index (κ2) is 7.89. The van der Waals surface area contributed by atoms with Crippen molar-refractivity contribution < 1.29 is 28.7 Å². The Morgan fingerprint density at radius 2 is 1.74 bits per heavy atom. The van der Waals surface area contributed by atoms with Crippen molar-refractivity contribution in [1.29, 1.82) is 0 Å². The highest BCUT2D eigenvalue weighted by Crippen LogP contribution is 2.34. The van der Waals surface area contributed by atoms with Crippen molar-refractivity contribution in [2.75, 3.05) is 26.7 Å². The minimum Gasteiger partial charge on any atom is -0.454 e. The molecule has 1 saturated heterocycles. The SMILES string of the molecule is CN(CC(=O)NC1CC1)C(=O)COC(=O)CN1C(=O)[C@@H]2CC=CC[C@H]2C1=O. The van der Waals surface area contributed by atoms with E-state index in [1.165, 1.54) is 7.05 Å². The van der Waals surface area contributed by atoms with E-state index in [2.05, 4.69) is 5.32 Å². The number of nitrogens with zero attached hydrogens (tertiary/aromatic N) is 2. The molecule has 2 fully saturated rings. The maximum absolute atomic E-state index is 12.3. The van der Waals surface area contributed by atoms with Crippen molar-refractivity contribution in [1.82, 2.24) is 15.1 Å². The standard InChI is InChI=1S/C18H23N3O6/c1-20(8-14(22)19-11-6-7-11)15(23)10-27-16(24)9-21-17(25)12-4-2-3-5-13(12)18(21)26/h2-3,11-13H,4-10H2,1H3,(H,19,22)/t12-,13-/m1/s1. The van der Waals surface area contributed by atoms with E-state index in [9.17, 15) is 24.0 Å². The molecule has 27 heavy (non-hydrogen) atoms. The molecule has 0 aromatic heterocycles. The predicted octanol–water partition coefficient (Wildman–Crippen LogP) is -0.782. The molecule has 1 heterocycles. The fourth-order valence-electron chi connectivity index (χ4n) is 3.26. The van der Waals surface area contributed by atoms with Crippen LogP contribution in [0.3, 0.4) is 0 Å². The number of allylic oxidation sites excluding steroid dienone is 2. The quantitative estimate of drug-likeness (QED) is 0.354. The zero-order chi connectivity index (χ0) is 19.6. The molecule has 2 aliphatic carbocycles. The van der Waals surface area contributed by atoms with Gasteiger partial charge >= 0.3 is 5.97 Å². The van der Waals surface area contributed by atoms with Gasteiger partial charge in [0.2, 0.25) is 17.7 Å². The molecule has 0 radical (unpaired) electrons. The van der Waals surface area contributed by atoms with Gasteiger partial charge in [0.05, 0.1) is 18.4 Å². The molecule has 0 aromatic carbocycles. The van der Waals surface area contributed by atoms with E-state index >= 15 is 0 Å². The van der Waals surface area contributed by atoms with Crippen LogP contribution in [0.2, 0.25) is 0 Å². The Morgan fingerprint density at radius 3 is 2.30 bits per heavy atom. The smallest absolute Gasteiger partial charge is 0.326 e. The molecule has 1 aliphatic heterocycles. The highest BCUT2D eigenvalue weighted by molar-refractivity contribution is 6.07. The molecule has 3 aliphatic rings. The molecule has 1 saturated carbocycles. The number of esters is 1. The number of carbonyl (C=O) groups excluding carboxylic acids is 5. The van der Waals surface area contributed by atoms with Crippen LogP contribution in [0.25, 0.3) is 0 Å². The first-order valence-electron chi connectivity index (χ1n) is 9.06. The van der Waals surface area contributed by atoms with Crippen LogP contribution in [0, 0.1) is 11.8 Å². The summed E-state index contributed by atoms with van der Waals surface area (Å²) in [6.45, 7) is -1.16. The van der Waals surface area contributed by atoms with Crippen LogP contribution in [-0.4, -0.2) is 72.2 Å². The van der Waals surface area contributed by atoms with Gasteiger partial charge in [0.25, 0.3) is 5.91 Å². The summed E-state index contributed by atoms with van der Waals surface area (Å²) >= 11 is 0. The summed E-state index contributed by atoms with van der Waals surface area (Å²) in [6.07, 6.45) is 6.61. The predicted molar refractivity (Wildman–Crippen MR) is 91.8 cm³/mol. The number of rotatable bonds is 7. The number of hydrogen-bond acceptors (Lipinski definition) is 6. The summed E-state index contributed by atoms with van der Waals surface area (Å²) < 4.78 is 4.89. The van der Waals surface area contributed by atoms with Gasteiger partial charge in [-0.3, -0.25) is 28.9 Å². The minimum absolute atomic E-state index is 0.119. The van der Waals surface area contributed by atoms with E-state index in [-0.39, 0.29) is 30.3 Å². The number of likely N-dealkylation sites (tertiary alicyclic amines) is 1. The summed E-state index contributed by atoms with van der Waals surface area (Å²) in [5.41, 5.74) is 0. The number of likely N-dealkylation sites (N-methyl/N-ethyl adjacent to an activating group) is 1. The van der Waals surface area contributed by atoms with Crippen LogP contribution >= 0.6 is 0 Å². The van der Waals surface area contributed by atoms with Crippen molar-refractivity contribution in [3.63, 3.8) is 0 Å². The van der Waals surface area contributed by atoms with Crippen LogP contribution < -0.4 is 5.32 Å². The van der Waals surface area contributed by atoms with E-state index in [1.807, 2.05) is 12.2 Å². The number of ether oxygens (including phenoxy) is 1. The van der Waals surface area contributed by atoms with Crippen LogP contribution in [0.1, 0.15) is 25.7 Å². The Labute approximate surface area is 156 Å². The van der Waals surface area contributed by atoms with E-state index in [0.29, 0.717) is 12.8 Å². The highest BCUT2D eigenvalue weighted by Gasteiger charge is 2.47. The zero-order valence-corrected chi connectivity index (χ0v) is 15.2. The van der Waals surface area contributed by atoms with E-state index < -0.39 is 36.9 Å². The van der Waals surface area contributed by atoms with Crippen molar-refractivity contribution in [2.45, 2.75) is 31.7 Å². The molecule has 0 unspecified atom stereocenters. The molecule has 9 heteroatoms. The fraction of sp³-hybridized carbons (Fsp3) is 0.611. The van der Waals surface area contributed by atoms with Crippen LogP contribution in [0.4, 0.5) is 0 Å². The topological polar surface area (TPSA) is 113 Å². The molecular formula is C18H23N3O6. The van der Waals surface area contributed by atoms with Gasteiger partial charge in [-0.05, 0) is 25.7 Å². The molecule has 0 aromatic rings. The molecule has 0 spiro atoms. The number of fused-ring (bicyclic) bond motifs is 1. The maximum Gasteiger partial charge on any atom is 0.326 e. The molecule has 9 nitrogen and oxygen atoms in total. The van der Waals surface area contributed by atoms with E-state index in [4.69, 9.17) is 4.74 Å². The van der Waals surface area contributed by atoms with Crippen molar-refractivity contribution in [3.8, 4) is 0 Å². The number of amides is 4. The molecular weight excluding hydrogens is 354 g/mol. The highest BCUT2D eigenvalue weighted by atomic mass is 16.5. The lowest BCUT2D eigenvalue weighted by molar-refractivity contribution is -0.156. The van der Waals surface area contributed by atoms with Gasteiger partial charge in [0.1, 0.15) is 6.54 Å². The molecule has 1 N–H and O–H groups in total. The average Bonchev–Trinajstić information content (AvgIpc) is 3.42. The van der Waals surface area contributed by atoms with Gasteiger partial charge in [0.15, 0.2) is 6.61 Å². The largest absolute Gasteiger partial charge is 0.454 e. The third-order valence-corrected chi connectivity index (χ3v) is 4.99. The van der Waals surface area contributed by atoms with Crippen LogP contribution in [0.15, 0.2) is 12.2 Å². The first kappa shape index (κ1) is 19.1. The second-order valence-corrected chi connectivity index (χ2v) is 7.17. The van der Waals surface area contributed by atoms with Gasteiger partial charge in [-0.1, -0.05) is 12.2 Å². The first-order chi connectivity index (χ1) is 12.9. The number of imide groups is 1. The van der Waals surface area contributed by atoms with Crippen LogP contribution in [0.5, 0.6) is 0 Å². The Bertz CT molecular complexity index is 673. The Kier molecular flexibility index (Phi) is 5.57. The third kappa shape index (κ3) is 4.53. The molecule has 146 valence electrons. The van der Waals surface area contributed by atoms with Gasteiger partial charge in [0, 0.05) is 13.1 Å². The van der Waals surface area contributed by atoms with Crippen molar-refractivity contribution in [3.05, 3.63) is 12.2 Å². The molecule has 4 amide bonds. The zero-order valence-electron chi connectivity index (χ0n) is 15.2. The molecule has 0 bridgehead atoms. The van der Waals surface area contributed by atoms with Crippen molar-refractivity contribution >= 4 is 29.6 Å². The average molecular weight is 377 g/mol. The summed E-state index contributed by atoms with van der Waals surface area (Å²) in [4.78, 5) is 62.3. The monoisotopic (exact) mass is 377 g/mol. The minimum atomic E-state index is -0.826. The van der Waals surface area contributed by atoms with Crippen molar-refractivity contribution in [2.24, 2.45) is 11.8 Å². The third-order valence-electron chi connectivity index (χ3n) is 4.99. The second-order valence-electron chi connectivity index (χ2n) is 7.17. The first-order valence-corrected chi connectivity index (χ1v) is 9.06. The van der Waals surface area contributed by atoms with E-state index in [1.54, 1.807) is 0 Å². The molecule has 3 rings (SSSR count). The van der Waals surface area contributed by atoms with Gasteiger partial charge in [-0.2, -0.15) is 0 Å². The van der Waals surface area contributed by atoms with Crippen LogP contribution in [-0.2, 0) is 28.7 Å².